The number of rotatable bonds is 7. The molecule has 0 unspecified atom stereocenters. The second kappa shape index (κ2) is 9.99. The van der Waals surface area contributed by atoms with Gasteiger partial charge in [0.2, 0.25) is 10.0 Å². The smallest absolute Gasteiger partial charge is 0.252 e. The number of piperidine rings is 1. The number of benzene rings is 2. The Morgan fingerprint density at radius 2 is 1.85 bits per heavy atom. The Bertz CT molecular complexity index is 1280. The third-order valence-electron chi connectivity index (χ3n) is 6.25. The van der Waals surface area contributed by atoms with E-state index >= 15 is 0 Å². The van der Waals surface area contributed by atoms with Crippen LogP contribution in [0, 0.1) is 6.92 Å². The van der Waals surface area contributed by atoms with Gasteiger partial charge in [-0.05, 0) is 43.5 Å². The third kappa shape index (κ3) is 4.71. The van der Waals surface area contributed by atoms with Crippen LogP contribution < -0.4 is 10.1 Å². The predicted octanol–water partition coefficient (Wildman–Crippen LogP) is 3.43. The molecule has 1 saturated heterocycles. The van der Waals surface area contributed by atoms with E-state index in [0.717, 1.165) is 24.8 Å². The first-order chi connectivity index (χ1) is 16.3. The lowest BCUT2D eigenvalue weighted by molar-refractivity contribution is 0.0940. The van der Waals surface area contributed by atoms with E-state index in [0.29, 0.717) is 35.8 Å². The number of ether oxygens (including phenoxy) is 1. The SMILES string of the molecule is COc1ccccc1[C@H](NC(=O)c1cc(S(=O)(=O)N2CCCCC2)ccc1C)c1nccn1C. The minimum atomic E-state index is -3.66. The zero-order valence-corrected chi connectivity index (χ0v) is 20.5. The summed E-state index contributed by atoms with van der Waals surface area (Å²) < 4.78 is 35.3. The molecule has 1 atom stereocenters. The number of sulfonamides is 1. The van der Waals surface area contributed by atoms with Crippen molar-refractivity contribution in [3.8, 4) is 5.75 Å². The molecule has 34 heavy (non-hydrogen) atoms. The number of carbonyl (C=O) groups is 1. The highest BCUT2D eigenvalue weighted by Crippen LogP contribution is 2.30. The van der Waals surface area contributed by atoms with Crippen molar-refractivity contribution in [3.05, 3.63) is 77.4 Å². The molecule has 1 aliphatic heterocycles. The number of hydrogen-bond donors (Lipinski definition) is 1. The van der Waals surface area contributed by atoms with Gasteiger partial charge in [-0.1, -0.05) is 30.7 Å². The van der Waals surface area contributed by atoms with E-state index in [1.165, 1.54) is 10.4 Å². The minimum absolute atomic E-state index is 0.135. The van der Waals surface area contributed by atoms with Crippen LogP contribution >= 0.6 is 0 Å². The standard InChI is InChI=1S/C25H30N4O4S/c1-18-11-12-19(34(31,32)29-14-7-4-8-15-29)17-21(18)25(30)27-23(24-26-13-16-28(24)2)20-9-5-6-10-22(20)33-3/h5-6,9-13,16-17,23H,4,7-8,14-15H2,1-3H3,(H,27,30)/t23-/m0/s1. The first-order valence-corrected chi connectivity index (χ1v) is 12.8. The van der Waals surface area contributed by atoms with Crippen LogP contribution in [0.15, 0.2) is 59.8 Å². The zero-order valence-electron chi connectivity index (χ0n) is 19.7. The van der Waals surface area contributed by atoms with Crippen molar-refractivity contribution in [3.63, 3.8) is 0 Å². The average molecular weight is 483 g/mol. The van der Waals surface area contributed by atoms with Crippen molar-refractivity contribution in [1.29, 1.82) is 0 Å². The second-order valence-electron chi connectivity index (χ2n) is 8.49. The van der Waals surface area contributed by atoms with Gasteiger partial charge < -0.3 is 14.6 Å². The van der Waals surface area contributed by atoms with E-state index in [2.05, 4.69) is 10.3 Å². The van der Waals surface area contributed by atoms with E-state index in [1.807, 2.05) is 35.9 Å². The number of methoxy groups -OCH3 is 1. The first kappa shape index (κ1) is 24.0. The number of nitrogens with one attached hydrogen (secondary N) is 1. The van der Waals surface area contributed by atoms with E-state index in [1.54, 1.807) is 38.6 Å². The Morgan fingerprint density at radius 3 is 2.53 bits per heavy atom. The lowest BCUT2D eigenvalue weighted by atomic mass is 10.0. The molecule has 1 aromatic heterocycles. The fraction of sp³-hybridized carbons (Fsp3) is 0.360. The van der Waals surface area contributed by atoms with E-state index in [9.17, 15) is 13.2 Å². The van der Waals surface area contributed by atoms with Crippen LogP contribution in [0.3, 0.4) is 0 Å². The summed E-state index contributed by atoms with van der Waals surface area (Å²) in [4.78, 5) is 18.1. The molecule has 4 rings (SSSR count). The number of hydrogen-bond acceptors (Lipinski definition) is 5. The maximum absolute atomic E-state index is 13.5. The van der Waals surface area contributed by atoms with Crippen molar-refractivity contribution in [1.82, 2.24) is 19.2 Å². The van der Waals surface area contributed by atoms with Crippen LogP contribution in [0.1, 0.15) is 52.6 Å². The topological polar surface area (TPSA) is 93.5 Å². The average Bonchev–Trinajstić information content (AvgIpc) is 3.28. The van der Waals surface area contributed by atoms with Gasteiger partial charge in [-0.2, -0.15) is 4.31 Å². The summed E-state index contributed by atoms with van der Waals surface area (Å²) in [6.07, 6.45) is 6.21. The molecule has 2 aromatic carbocycles. The highest BCUT2D eigenvalue weighted by molar-refractivity contribution is 7.89. The molecule has 8 nitrogen and oxygen atoms in total. The molecular weight excluding hydrogens is 452 g/mol. The minimum Gasteiger partial charge on any atom is -0.496 e. The molecule has 0 bridgehead atoms. The molecule has 1 aliphatic rings. The van der Waals surface area contributed by atoms with Crippen molar-refractivity contribution in [2.45, 2.75) is 37.1 Å². The summed E-state index contributed by atoms with van der Waals surface area (Å²) in [5.41, 5.74) is 1.75. The van der Waals surface area contributed by atoms with Gasteiger partial charge >= 0.3 is 0 Å². The number of aromatic nitrogens is 2. The van der Waals surface area contributed by atoms with Crippen molar-refractivity contribution >= 4 is 15.9 Å². The van der Waals surface area contributed by atoms with Gasteiger partial charge in [0.05, 0.1) is 12.0 Å². The van der Waals surface area contributed by atoms with Gasteiger partial charge in [0, 0.05) is 43.7 Å². The Morgan fingerprint density at radius 1 is 1.12 bits per heavy atom. The van der Waals surface area contributed by atoms with Crippen LogP contribution in [0.5, 0.6) is 5.75 Å². The first-order valence-electron chi connectivity index (χ1n) is 11.3. The number of aryl methyl sites for hydroxylation is 2. The number of carbonyl (C=O) groups excluding carboxylic acids is 1. The Kier molecular flexibility index (Phi) is 7.04. The molecule has 1 fully saturated rings. The van der Waals surface area contributed by atoms with E-state index < -0.39 is 16.1 Å². The van der Waals surface area contributed by atoms with Gasteiger partial charge in [0.25, 0.3) is 5.91 Å². The van der Waals surface area contributed by atoms with Crippen molar-refractivity contribution < 1.29 is 17.9 Å². The van der Waals surface area contributed by atoms with Gasteiger partial charge in [-0.15, -0.1) is 0 Å². The molecule has 0 aliphatic carbocycles. The van der Waals surface area contributed by atoms with Crippen LogP contribution in [-0.4, -0.2) is 48.4 Å². The summed E-state index contributed by atoms with van der Waals surface area (Å²) in [6, 6.07) is 11.6. The monoisotopic (exact) mass is 482 g/mol. The lowest BCUT2D eigenvalue weighted by Gasteiger charge is -2.26. The Balaban J connectivity index is 1.70. The van der Waals surface area contributed by atoms with Crippen LogP contribution in [0.25, 0.3) is 0 Å². The molecule has 1 amide bonds. The third-order valence-corrected chi connectivity index (χ3v) is 8.14. The zero-order chi connectivity index (χ0) is 24.3. The normalized spacial score (nSPS) is 15.6. The summed E-state index contributed by atoms with van der Waals surface area (Å²) in [6.45, 7) is 2.81. The molecule has 180 valence electrons. The number of para-hydroxylation sites is 1. The largest absolute Gasteiger partial charge is 0.496 e. The highest BCUT2D eigenvalue weighted by atomic mass is 32.2. The maximum Gasteiger partial charge on any atom is 0.252 e. The van der Waals surface area contributed by atoms with E-state index in [4.69, 9.17) is 4.74 Å². The van der Waals surface area contributed by atoms with Crippen LogP contribution in [0.4, 0.5) is 0 Å². The molecule has 0 radical (unpaired) electrons. The molecule has 0 spiro atoms. The van der Waals surface area contributed by atoms with Gasteiger partial charge in [0.15, 0.2) is 0 Å². The van der Waals surface area contributed by atoms with Gasteiger partial charge in [-0.25, -0.2) is 13.4 Å². The fourth-order valence-corrected chi connectivity index (χ4v) is 5.85. The number of amides is 1. The summed E-state index contributed by atoms with van der Waals surface area (Å²) in [7, 11) is -0.225. The lowest BCUT2D eigenvalue weighted by Crippen LogP contribution is -2.36. The van der Waals surface area contributed by atoms with Gasteiger partial charge in [-0.3, -0.25) is 4.79 Å². The van der Waals surface area contributed by atoms with Crippen LogP contribution in [-0.2, 0) is 17.1 Å². The fourth-order valence-electron chi connectivity index (χ4n) is 4.31. The quantitative estimate of drug-likeness (QED) is 0.557. The van der Waals surface area contributed by atoms with E-state index in [-0.39, 0.29) is 10.8 Å². The molecule has 0 saturated carbocycles. The Hall–Kier alpha value is -3.17. The molecule has 2 heterocycles. The summed E-state index contributed by atoms with van der Waals surface area (Å²) in [5.74, 6) is 0.869. The van der Waals surface area contributed by atoms with Gasteiger partial charge in [0.1, 0.15) is 17.6 Å². The summed E-state index contributed by atoms with van der Waals surface area (Å²) >= 11 is 0. The molecular formula is C25H30N4O4S. The molecule has 1 N–H and O–H groups in total. The summed E-state index contributed by atoms with van der Waals surface area (Å²) in [5, 5.41) is 3.06. The van der Waals surface area contributed by atoms with Crippen molar-refractivity contribution in [2.75, 3.05) is 20.2 Å². The number of nitrogens with zero attached hydrogens (tertiary/aromatic N) is 3. The van der Waals surface area contributed by atoms with Crippen molar-refractivity contribution in [2.24, 2.45) is 7.05 Å². The predicted molar refractivity (Wildman–Crippen MR) is 129 cm³/mol. The molecule has 3 aromatic rings. The number of imidazole rings is 1. The maximum atomic E-state index is 13.5. The Labute approximate surface area is 200 Å². The highest BCUT2D eigenvalue weighted by Gasteiger charge is 2.29. The van der Waals surface area contributed by atoms with Crippen LogP contribution in [0.2, 0.25) is 0 Å². The second-order valence-corrected chi connectivity index (χ2v) is 10.4. The molecule has 9 heteroatoms.